The second kappa shape index (κ2) is 7.73. The molecule has 11 heteroatoms. The van der Waals surface area contributed by atoms with Gasteiger partial charge in [0.05, 0.1) is 16.8 Å². The zero-order valence-electron chi connectivity index (χ0n) is 16.5. The minimum atomic E-state index is -3.90. The van der Waals surface area contributed by atoms with Crippen LogP contribution in [0.2, 0.25) is 0 Å². The monoisotopic (exact) mass is 466 g/mol. The first-order valence-corrected chi connectivity index (χ1v) is 12.3. The number of thiophene rings is 1. The van der Waals surface area contributed by atoms with Gasteiger partial charge < -0.3 is 4.98 Å². The van der Waals surface area contributed by atoms with E-state index in [1.807, 2.05) is 4.90 Å². The lowest BCUT2D eigenvalue weighted by Crippen LogP contribution is -2.48. The summed E-state index contributed by atoms with van der Waals surface area (Å²) in [5, 5.41) is 0.712. The number of H-pyrrole nitrogens is 1. The van der Waals surface area contributed by atoms with Gasteiger partial charge in [0.25, 0.3) is 5.56 Å². The maximum Gasteiger partial charge on any atom is 0.259 e. The standard InChI is InChI=1S/C20H20F2N4O3S2/c21-14-5-4-12(10-15(14)22)31(28,29)26-8-6-25(7-9-26)11-17-23-19(27)18-13-2-1-3-16(13)30-20(18)24-17/h4-5,10H,1-3,6-9,11H2,(H,23,24,27). The Morgan fingerprint density at radius 1 is 1.10 bits per heavy atom. The van der Waals surface area contributed by atoms with Crippen LogP contribution in [0.25, 0.3) is 10.2 Å². The van der Waals surface area contributed by atoms with E-state index in [0.29, 0.717) is 36.9 Å². The molecule has 1 aromatic carbocycles. The number of sulfonamides is 1. The van der Waals surface area contributed by atoms with Crippen molar-refractivity contribution in [2.75, 3.05) is 26.2 Å². The summed E-state index contributed by atoms with van der Waals surface area (Å²) in [5.74, 6) is -1.71. The predicted molar refractivity (Wildman–Crippen MR) is 113 cm³/mol. The average Bonchev–Trinajstić information content (AvgIpc) is 3.31. The molecule has 1 N–H and O–H groups in total. The van der Waals surface area contributed by atoms with Crippen molar-refractivity contribution in [2.45, 2.75) is 30.7 Å². The van der Waals surface area contributed by atoms with Crippen LogP contribution in [-0.4, -0.2) is 53.8 Å². The number of nitrogens with zero attached hydrogens (tertiary/aromatic N) is 3. The Hall–Kier alpha value is -2.21. The summed E-state index contributed by atoms with van der Waals surface area (Å²) in [6.07, 6.45) is 3.00. The lowest BCUT2D eigenvalue weighted by Gasteiger charge is -2.33. The SMILES string of the molecule is O=c1[nH]c(CN2CCN(S(=O)(=O)c3ccc(F)c(F)c3)CC2)nc2sc3c(c12)CCC3. The summed E-state index contributed by atoms with van der Waals surface area (Å²) in [6, 6.07) is 2.60. The normalized spacial score (nSPS) is 18.0. The summed E-state index contributed by atoms with van der Waals surface area (Å²) in [7, 11) is -3.90. The number of aromatic amines is 1. The highest BCUT2D eigenvalue weighted by atomic mass is 32.2. The molecule has 1 saturated heterocycles. The molecule has 0 bridgehead atoms. The Kier molecular flexibility index (Phi) is 5.16. The zero-order chi connectivity index (χ0) is 21.8. The Labute approximate surface area is 181 Å². The average molecular weight is 467 g/mol. The third-order valence-corrected chi connectivity index (χ3v) is 8.94. The van der Waals surface area contributed by atoms with E-state index in [1.54, 1.807) is 11.3 Å². The summed E-state index contributed by atoms with van der Waals surface area (Å²) in [4.78, 5) is 23.9. The maximum absolute atomic E-state index is 13.5. The number of nitrogens with one attached hydrogen (secondary N) is 1. The molecule has 3 heterocycles. The van der Waals surface area contributed by atoms with Gasteiger partial charge in [-0.25, -0.2) is 22.2 Å². The Morgan fingerprint density at radius 3 is 2.61 bits per heavy atom. The molecular formula is C20H20F2N4O3S2. The van der Waals surface area contributed by atoms with Gasteiger partial charge in [-0.05, 0) is 43.0 Å². The summed E-state index contributed by atoms with van der Waals surface area (Å²) in [6.45, 7) is 1.70. The van der Waals surface area contributed by atoms with E-state index in [9.17, 15) is 22.0 Å². The highest BCUT2D eigenvalue weighted by Crippen LogP contribution is 2.34. The Bertz CT molecular complexity index is 1330. The second-order valence-corrected chi connectivity index (χ2v) is 10.8. The molecule has 164 valence electrons. The van der Waals surface area contributed by atoms with Crippen molar-refractivity contribution in [3.05, 3.63) is 56.5 Å². The van der Waals surface area contributed by atoms with Gasteiger partial charge in [0.2, 0.25) is 10.0 Å². The molecular weight excluding hydrogens is 446 g/mol. The van der Waals surface area contributed by atoms with Gasteiger partial charge >= 0.3 is 0 Å². The van der Waals surface area contributed by atoms with Crippen LogP contribution >= 0.6 is 11.3 Å². The number of rotatable bonds is 4. The summed E-state index contributed by atoms with van der Waals surface area (Å²) < 4.78 is 53.3. The van der Waals surface area contributed by atoms with Crippen LogP contribution in [0.5, 0.6) is 0 Å². The van der Waals surface area contributed by atoms with E-state index >= 15 is 0 Å². The number of benzene rings is 1. The zero-order valence-corrected chi connectivity index (χ0v) is 18.2. The number of piperazine rings is 1. The fourth-order valence-corrected chi connectivity index (χ4v) is 6.96. The van der Waals surface area contributed by atoms with Crippen LogP contribution < -0.4 is 5.56 Å². The van der Waals surface area contributed by atoms with Crippen LogP contribution in [0.15, 0.2) is 27.9 Å². The van der Waals surface area contributed by atoms with Crippen LogP contribution in [0, 0.1) is 11.6 Å². The molecule has 2 aromatic heterocycles. The highest BCUT2D eigenvalue weighted by Gasteiger charge is 2.29. The first-order valence-electron chi connectivity index (χ1n) is 10.0. The van der Waals surface area contributed by atoms with Gasteiger partial charge in [-0.3, -0.25) is 9.69 Å². The van der Waals surface area contributed by atoms with E-state index in [1.165, 1.54) is 9.18 Å². The number of aryl methyl sites for hydroxylation is 2. The van der Waals surface area contributed by atoms with Crippen molar-refractivity contribution in [2.24, 2.45) is 0 Å². The number of fused-ring (bicyclic) bond motifs is 3. The first-order chi connectivity index (χ1) is 14.8. The third kappa shape index (κ3) is 3.69. The molecule has 0 saturated carbocycles. The molecule has 0 radical (unpaired) electrons. The molecule has 3 aromatic rings. The Balaban J connectivity index is 1.29. The summed E-state index contributed by atoms with van der Waals surface area (Å²) >= 11 is 1.59. The predicted octanol–water partition coefficient (Wildman–Crippen LogP) is 2.26. The molecule has 5 rings (SSSR count). The van der Waals surface area contributed by atoms with E-state index in [0.717, 1.165) is 41.8 Å². The van der Waals surface area contributed by atoms with Crippen LogP contribution in [-0.2, 0) is 29.4 Å². The van der Waals surface area contributed by atoms with Crippen LogP contribution in [0.4, 0.5) is 8.78 Å². The molecule has 1 aliphatic carbocycles. The highest BCUT2D eigenvalue weighted by molar-refractivity contribution is 7.89. The van der Waals surface area contributed by atoms with Gasteiger partial charge in [-0.1, -0.05) is 0 Å². The van der Waals surface area contributed by atoms with Crippen molar-refractivity contribution in [1.82, 2.24) is 19.2 Å². The van der Waals surface area contributed by atoms with Gasteiger partial charge in [-0.15, -0.1) is 11.3 Å². The number of hydrogen-bond donors (Lipinski definition) is 1. The molecule has 1 fully saturated rings. The van der Waals surface area contributed by atoms with Gasteiger partial charge in [0.15, 0.2) is 11.6 Å². The van der Waals surface area contributed by atoms with E-state index in [4.69, 9.17) is 0 Å². The minimum absolute atomic E-state index is 0.112. The van der Waals surface area contributed by atoms with Gasteiger partial charge in [0, 0.05) is 31.1 Å². The number of halogens is 2. The van der Waals surface area contributed by atoms with Crippen molar-refractivity contribution >= 4 is 31.6 Å². The van der Waals surface area contributed by atoms with Crippen molar-refractivity contribution in [1.29, 1.82) is 0 Å². The fourth-order valence-electron chi connectivity index (χ4n) is 4.25. The quantitative estimate of drug-likeness (QED) is 0.638. The van der Waals surface area contributed by atoms with Crippen molar-refractivity contribution in [3.8, 4) is 0 Å². The smallest absolute Gasteiger partial charge is 0.259 e. The van der Waals surface area contributed by atoms with Crippen molar-refractivity contribution < 1.29 is 17.2 Å². The van der Waals surface area contributed by atoms with Crippen LogP contribution in [0.1, 0.15) is 22.7 Å². The van der Waals surface area contributed by atoms with E-state index in [-0.39, 0.29) is 23.5 Å². The second-order valence-electron chi connectivity index (χ2n) is 7.81. The lowest BCUT2D eigenvalue weighted by molar-refractivity contribution is 0.178. The molecule has 0 amide bonds. The molecule has 2 aliphatic rings. The topological polar surface area (TPSA) is 86.4 Å². The van der Waals surface area contributed by atoms with E-state index in [2.05, 4.69) is 9.97 Å². The molecule has 1 aliphatic heterocycles. The van der Waals surface area contributed by atoms with Crippen molar-refractivity contribution in [3.63, 3.8) is 0 Å². The lowest BCUT2D eigenvalue weighted by atomic mass is 10.2. The van der Waals surface area contributed by atoms with Gasteiger partial charge in [-0.2, -0.15) is 4.31 Å². The molecule has 0 spiro atoms. The molecule has 0 unspecified atom stereocenters. The largest absolute Gasteiger partial charge is 0.309 e. The first kappa shape index (κ1) is 20.7. The minimum Gasteiger partial charge on any atom is -0.309 e. The van der Waals surface area contributed by atoms with Crippen LogP contribution in [0.3, 0.4) is 0 Å². The molecule has 0 atom stereocenters. The number of aromatic nitrogens is 2. The molecule has 7 nitrogen and oxygen atoms in total. The fraction of sp³-hybridized carbons (Fsp3) is 0.400. The Morgan fingerprint density at radius 2 is 1.87 bits per heavy atom. The summed E-state index contributed by atoms with van der Waals surface area (Å²) in [5.41, 5.74) is 1.02. The number of hydrogen-bond acceptors (Lipinski definition) is 6. The van der Waals surface area contributed by atoms with E-state index < -0.39 is 21.7 Å². The van der Waals surface area contributed by atoms with Gasteiger partial charge in [0.1, 0.15) is 10.7 Å². The third-order valence-electron chi connectivity index (χ3n) is 5.86. The molecule has 31 heavy (non-hydrogen) atoms. The maximum atomic E-state index is 13.5.